The van der Waals surface area contributed by atoms with Crippen molar-refractivity contribution in [1.29, 1.82) is 0 Å². The fourth-order valence-electron chi connectivity index (χ4n) is 7.04. The normalized spacial score (nSPS) is 31.9. The predicted octanol–water partition coefficient (Wildman–Crippen LogP) is 4.40. The third kappa shape index (κ3) is 4.68. The van der Waals surface area contributed by atoms with Gasteiger partial charge in [-0.25, -0.2) is 0 Å². The molecule has 3 fully saturated rings. The standard InChI is InChI=1S/C31H41ClN2O6/c1-7-10-16-39-29(38)25-24-27(36)34(23(18-35)19(4)9-3)26(31(24)17-20(5)30(25,6)40-31)28(37)33(15-8-2)22-13-11-21(32)12-14-22/h7-8,11-14,19-20,23-26,35H,1-2,9-10,15-18H2,3-6H3/t19-,20?,23-,24-,25-,26?,30+,31?/m0/s1. The van der Waals surface area contributed by atoms with Gasteiger partial charge in [-0.15, -0.1) is 13.2 Å². The Morgan fingerprint density at radius 1 is 1.30 bits per heavy atom. The molecule has 218 valence electrons. The molecule has 3 unspecified atom stereocenters. The quantitative estimate of drug-likeness (QED) is 0.227. The van der Waals surface area contributed by atoms with Gasteiger partial charge in [0.15, 0.2) is 0 Å². The number of esters is 1. The van der Waals surface area contributed by atoms with Gasteiger partial charge in [-0.1, -0.05) is 50.9 Å². The summed E-state index contributed by atoms with van der Waals surface area (Å²) in [6.07, 6.45) is 4.88. The number of benzene rings is 1. The Morgan fingerprint density at radius 3 is 2.55 bits per heavy atom. The summed E-state index contributed by atoms with van der Waals surface area (Å²) in [5.41, 5.74) is -1.64. The fourth-order valence-corrected chi connectivity index (χ4v) is 7.16. The molecule has 2 amide bonds. The number of amides is 2. The number of nitrogens with zero attached hydrogens (tertiary/aromatic N) is 2. The van der Waals surface area contributed by atoms with E-state index in [-0.39, 0.29) is 43.4 Å². The van der Waals surface area contributed by atoms with Crippen LogP contribution in [0.25, 0.3) is 0 Å². The van der Waals surface area contributed by atoms with Gasteiger partial charge in [0.05, 0.1) is 30.8 Å². The molecule has 2 bridgehead atoms. The number of hydrogen-bond donors (Lipinski definition) is 1. The minimum Gasteiger partial charge on any atom is -0.465 e. The largest absolute Gasteiger partial charge is 0.465 e. The minimum atomic E-state index is -1.25. The van der Waals surface area contributed by atoms with Crippen molar-refractivity contribution in [2.75, 3.05) is 24.7 Å². The van der Waals surface area contributed by atoms with E-state index in [1.165, 1.54) is 4.90 Å². The lowest BCUT2D eigenvalue weighted by atomic mass is 9.62. The van der Waals surface area contributed by atoms with Crippen molar-refractivity contribution in [2.45, 2.75) is 70.2 Å². The van der Waals surface area contributed by atoms with Crippen LogP contribution in [0, 0.1) is 23.7 Å². The predicted molar refractivity (Wildman–Crippen MR) is 154 cm³/mol. The van der Waals surface area contributed by atoms with E-state index in [0.29, 0.717) is 30.0 Å². The number of hydrogen-bond acceptors (Lipinski definition) is 6. The van der Waals surface area contributed by atoms with Crippen molar-refractivity contribution >= 4 is 35.1 Å². The number of likely N-dealkylation sites (tertiary alicyclic amines) is 1. The maximum absolute atomic E-state index is 14.7. The number of rotatable bonds is 12. The second kappa shape index (κ2) is 11.7. The molecule has 40 heavy (non-hydrogen) atoms. The summed E-state index contributed by atoms with van der Waals surface area (Å²) in [6.45, 7) is 15.3. The van der Waals surface area contributed by atoms with Gasteiger partial charge in [0.2, 0.25) is 5.91 Å². The summed E-state index contributed by atoms with van der Waals surface area (Å²) in [7, 11) is 0. The lowest BCUT2D eigenvalue weighted by molar-refractivity contribution is -0.162. The van der Waals surface area contributed by atoms with Gasteiger partial charge in [-0.2, -0.15) is 0 Å². The van der Waals surface area contributed by atoms with Crippen molar-refractivity contribution in [2.24, 2.45) is 23.7 Å². The third-order valence-electron chi connectivity index (χ3n) is 9.37. The number of carbonyl (C=O) groups is 3. The number of ether oxygens (including phenoxy) is 2. The van der Waals surface area contributed by atoms with Crippen LogP contribution in [0.3, 0.4) is 0 Å². The number of halogens is 1. The molecule has 1 aromatic carbocycles. The van der Waals surface area contributed by atoms with Crippen molar-refractivity contribution in [3.05, 3.63) is 54.6 Å². The first-order chi connectivity index (χ1) is 19.0. The zero-order valence-corrected chi connectivity index (χ0v) is 24.6. The third-order valence-corrected chi connectivity index (χ3v) is 9.62. The second-order valence-corrected chi connectivity index (χ2v) is 12.0. The second-order valence-electron chi connectivity index (χ2n) is 11.5. The molecule has 4 rings (SSSR count). The van der Waals surface area contributed by atoms with Gasteiger partial charge in [-0.05, 0) is 55.9 Å². The molecule has 3 heterocycles. The number of aliphatic hydroxyl groups excluding tert-OH is 1. The molecule has 1 N–H and O–H groups in total. The van der Waals surface area contributed by atoms with Crippen LogP contribution in [0.5, 0.6) is 0 Å². The Morgan fingerprint density at radius 2 is 1.98 bits per heavy atom. The molecule has 0 radical (unpaired) electrons. The van der Waals surface area contributed by atoms with Crippen LogP contribution >= 0.6 is 11.6 Å². The Hall–Kier alpha value is -2.68. The Labute approximate surface area is 241 Å². The zero-order chi connectivity index (χ0) is 29.4. The molecule has 3 aliphatic rings. The molecule has 8 atom stereocenters. The van der Waals surface area contributed by atoms with Crippen molar-refractivity contribution in [1.82, 2.24) is 4.90 Å². The minimum absolute atomic E-state index is 0.105. The molecular weight excluding hydrogens is 532 g/mol. The van der Waals surface area contributed by atoms with Crippen LogP contribution in [0.15, 0.2) is 49.6 Å². The molecule has 1 aromatic rings. The highest BCUT2D eigenvalue weighted by molar-refractivity contribution is 6.30. The van der Waals surface area contributed by atoms with Gasteiger partial charge in [-0.3, -0.25) is 14.4 Å². The number of aliphatic hydroxyl groups is 1. The topological polar surface area (TPSA) is 96.4 Å². The monoisotopic (exact) mass is 572 g/mol. The Bertz CT molecular complexity index is 1160. The molecule has 3 saturated heterocycles. The van der Waals surface area contributed by atoms with Gasteiger partial charge < -0.3 is 24.4 Å². The smallest absolute Gasteiger partial charge is 0.312 e. The fraction of sp³-hybridized carbons (Fsp3) is 0.581. The van der Waals surface area contributed by atoms with Crippen molar-refractivity contribution in [3.63, 3.8) is 0 Å². The molecule has 0 aliphatic carbocycles. The maximum atomic E-state index is 14.7. The summed E-state index contributed by atoms with van der Waals surface area (Å²) < 4.78 is 12.4. The number of carbonyl (C=O) groups excluding carboxylic acids is 3. The van der Waals surface area contributed by atoms with Gasteiger partial charge in [0.1, 0.15) is 17.6 Å². The summed E-state index contributed by atoms with van der Waals surface area (Å²) in [6, 6.07) is 5.20. The van der Waals surface area contributed by atoms with Gasteiger partial charge >= 0.3 is 5.97 Å². The summed E-state index contributed by atoms with van der Waals surface area (Å²) in [5, 5.41) is 11.1. The first-order valence-corrected chi connectivity index (χ1v) is 14.5. The zero-order valence-electron chi connectivity index (χ0n) is 23.8. The van der Waals surface area contributed by atoms with Crippen LogP contribution in [0.2, 0.25) is 5.02 Å². The van der Waals surface area contributed by atoms with E-state index in [1.54, 1.807) is 41.3 Å². The molecule has 9 heteroatoms. The average molecular weight is 573 g/mol. The lowest BCUT2D eigenvalue weighted by Gasteiger charge is -2.41. The first-order valence-electron chi connectivity index (χ1n) is 14.1. The van der Waals surface area contributed by atoms with E-state index in [1.807, 2.05) is 27.7 Å². The number of fused-ring (bicyclic) bond motifs is 1. The molecular formula is C31H41ClN2O6. The van der Waals surface area contributed by atoms with E-state index in [2.05, 4.69) is 13.2 Å². The van der Waals surface area contributed by atoms with Crippen molar-refractivity contribution in [3.8, 4) is 0 Å². The maximum Gasteiger partial charge on any atom is 0.312 e. The first kappa shape index (κ1) is 30.3. The highest BCUT2D eigenvalue weighted by Gasteiger charge is 2.81. The summed E-state index contributed by atoms with van der Waals surface area (Å²) in [5.74, 6) is -3.23. The van der Waals surface area contributed by atoms with Crippen LogP contribution in [0.4, 0.5) is 5.69 Å². The summed E-state index contributed by atoms with van der Waals surface area (Å²) >= 11 is 6.13. The summed E-state index contributed by atoms with van der Waals surface area (Å²) in [4.78, 5) is 45.8. The van der Waals surface area contributed by atoms with Crippen LogP contribution in [-0.4, -0.2) is 70.8 Å². The molecule has 8 nitrogen and oxygen atoms in total. The van der Waals surface area contributed by atoms with Crippen LogP contribution < -0.4 is 4.90 Å². The highest BCUT2D eigenvalue weighted by Crippen LogP contribution is 2.66. The van der Waals surface area contributed by atoms with E-state index in [0.717, 1.165) is 0 Å². The van der Waals surface area contributed by atoms with E-state index < -0.39 is 41.1 Å². The Kier molecular flexibility index (Phi) is 8.83. The van der Waals surface area contributed by atoms with Crippen LogP contribution in [-0.2, 0) is 23.9 Å². The van der Waals surface area contributed by atoms with E-state index >= 15 is 0 Å². The van der Waals surface area contributed by atoms with E-state index in [9.17, 15) is 19.5 Å². The molecule has 0 aromatic heterocycles. The molecule has 3 aliphatic heterocycles. The highest BCUT2D eigenvalue weighted by atomic mass is 35.5. The molecule has 0 saturated carbocycles. The van der Waals surface area contributed by atoms with E-state index in [4.69, 9.17) is 21.1 Å². The number of anilines is 1. The van der Waals surface area contributed by atoms with Crippen LogP contribution in [0.1, 0.15) is 47.0 Å². The molecule has 1 spiro atoms. The Balaban J connectivity index is 1.86. The van der Waals surface area contributed by atoms with Gasteiger partial charge in [0, 0.05) is 17.3 Å². The average Bonchev–Trinajstić information content (AvgIpc) is 3.44. The lowest BCUT2D eigenvalue weighted by Crippen LogP contribution is -2.60. The van der Waals surface area contributed by atoms with Crippen molar-refractivity contribution < 1.29 is 29.0 Å². The van der Waals surface area contributed by atoms with Gasteiger partial charge in [0.25, 0.3) is 5.91 Å². The SMILES string of the molecule is C=CCCOC(=O)[C@@H]1[C@H]2C(=O)N([C@@H](CO)[C@@H](C)CC)C(C(=O)N(CC=C)c3ccc(Cl)cc3)C23CC(C)[C@@]1(C)O3.